The van der Waals surface area contributed by atoms with E-state index in [-0.39, 0.29) is 0 Å². The van der Waals surface area contributed by atoms with E-state index in [0.29, 0.717) is 12.3 Å². The zero-order chi connectivity index (χ0) is 12.8. The number of hydrogen-bond donors (Lipinski definition) is 2. The summed E-state index contributed by atoms with van der Waals surface area (Å²) in [5, 5.41) is 13.0. The number of phenols is 1. The molecule has 4 heteroatoms. The number of aryl methyl sites for hydroxylation is 1. The fraction of sp³-hybridized carbons (Fsp3) is 0.357. The Bertz CT molecular complexity index is 493. The van der Waals surface area contributed by atoms with Crippen molar-refractivity contribution >= 4 is 0 Å². The molecule has 0 aliphatic heterocycles. The Morgan fingerprint density at radius 1 is 1.28 bits per heavy atom. The minimum absolute atomic E-state index is 0.340. The lowest BCUT2D eigenvalue weighted by atomic mass is 10.2. The molecule has 18 heavy (non-hydrogen) atoms. The number of aromatic nitrogens is 2. The summed E-state index contributed by atoms with van der Waals surface area (Å²) in [4.78, 5) is 4.16. The third kappa shape index (κ3) is 3.11. The van der Waals surface area contributed by atoms with Crippen LogP contribution in [0.15, 0.2) is 36.8 Å². The molecular weight excluding hydrogens is 226 g/mol. The summed E-state index contributed by atoms with van der Waals surface area (Å²) in [7, 11) is 0. The van der Waals surface area contributed by atoms with Gasteiger partial charge in [-0.3, -0.25) is 0 Å². The van der Waals surface area contributed by atoms with Crippen molar-refractivity contribution in [3.63, 3.8) is 0 Å². The Hall–Kier alpha value is -1.81. The number of nitrogens with zero attached hydrogens (tertiary/aromatic N) is 2. The topological polar surface area (TPSA) is 50.1 Å². The Labute approximate surface area is 107 Å². The van der Waals surface area contributed by atoms with Gasteiger partial charge in [0.2, 0.25) is 0 Å². The van der Waals surface area contributed by atoms with Crippen LogP contribution in [0.4, 0.5) is 0 Å². The molecule has 4 nitrogen and oxygen atoms in total. The zero-order valence-electron chi connectivity index (χ0n) is 10.6. The second-order valence-corrected chi connectivity index (χ2v) is 4.31. The first-order chi connectivity index (χ1) is 8.81. The lowest BCUT2D eigenvalue weighted by molar-refractivity contribution is 0.463. The van der Waals surface area contributed by atoms with E-state index in [2.05, 4.69) is 21.8 Å². The summed E-state index contributed by atoms with van der Waals surface area (Å²) < 4.78 is 2.15. The fourth-order valence-corrected chi connectivity index (χ4v) is 1.92. The van der Waals surface area contributed by atoms with Crippen molar-refractivity contribution in [1.82, 2.24) is 14.9 Å². The first kappa shape index (κ1) is 12.6. The zero-order valence-corrected chi connectivity index (χ0v) is 10.6. The molecule has 0 saturated heterocycles. The van der Waals surface area contributed by atoms with E-state index >= 15 is 0 Å². The second-order valence-electron chi connectivity index (χ2n) is 4.31. The van der Waals surface area contributed by atoms with E-state index in [1.165, 1.54) is 5.69 Å². The predicted molar refractivity (Wildman–Crippen MR) is 71.2 cm³/mol. The first-order valence-corrected chi connectivity index (χ1v) is 6.28. The highest BCUT2D eigenvalue weighted by Gasteiger charge is 2.02. The highest BCUT2D eigenvalue weighted by Crippen LogP contribution is 2.15. The van der Waals surface area contributed by atoms with Gasteiger partial charge in [0.25, 0.3) is 0 Å². The van der Waals surface area contributed by atoms with Crippen LogP contribution in [0.25, 0.3) is 0 Å². The molecule has 1 aromatic carbocycles. The van der Waals surface area contributed by atoms with Gasteiger partial charge in [-0.2, -0.15) is 0 Å². The summed E-state index contributed by atoms with van der Waals surface area (Å²) in [6, 6.07) is 7.39. The highest BCUT2D eigenvalue weighted by molar-refractivity contribution is 5.31. The van der Waals surface area contributed by atoms with E-state index < -0.39 is 0 Å². The van der Waals surface area contributed by atoms with Crippen LogP contribution in [-0.2, 0) is 19.6 Å². The Morgan fingerprint density at radius 3 is 2.89 bits per heavy atom. The molecule has 0 radical (unpaired) electrons. The lowest BCUT2D eigenvalue weighted by Gasteiger charge is -2.09. The summed E-state index contributed by atoms with van der Waals surface area (Å²) in [5.74, 6) is 0.340. The maximum Gasteiger partial charge on any atom is 0.120 e. The van der Waals surface area contributed by atoms with Gasteiger partial charge in [0.15, 0.2) is 0 Å². The number of para-hydroxylation sites is 1. The van der Waals surface area contributed by atoms with Crippen molar-refractivity contribution in [3.05, 3.63) is 48.0 Å². The molecule has 1 heterocycles. The number of hydrogen-bond acceptors (Lipinski definition) is 3. The molecule has 0 fully saturated rings. The lowest BCUT2D eigenvalue weighted by Crippen LogP contribution is -2.15. The number of aromatic hydroxyl groups is 1. The standard InChI is InChI=1S/C14H19N3O/c1-2-7-17-11-16-10-13(17)9-15-8-12-5-3-4-6-14(12)18/h3-6,10-11,15,18H,2,7-9H2,1H3. The third-order valence-corrected chi connectivity index (χ3v) is 2.88. The third-order valence-electron chi connectivity index (χ3n) is 2.88. The van der Waals surface area contributed by atoms with Gasteiger partial charge >= 0.3 is 0 Å². The van der Waals surface area contributed by atoms with Crippen molar-refractivity contribution in [2.24, 2.45) is 0 Å². The molecular formula is C14H19N3O. The molecule has 96 valence electrons. The van der Waals surface area contributed by atoms with Gasteiger partial charge in [-0.05, 0) is 12.5 Å². The average Bonchev–Trinajstić information content (AvgIpc) is 2.80. The van der Waals surface area contributed by atoms with E-state index in [0.717, 1.165) is 25.1 Å². The summed E-state index contributed by atoms with van der Waals surface area (Å²) in [6.45, 7) is 4.56. The number of benzene rings is 1. The van der Waals surface area contributed by atoms with E-state index in [4.69, 9.17) is 0 Å². The molecule has 2 N–H and O–H groups in total. The van der Waals surface area contributed by atoms with Crippen LogP contribution in [0, 0.1) is 0 Å². The molecule has 2 rings (SSSR count). The minimum atomic E-state index is 0.340. The fourth-order valence-electron chi connectivity index (χ4n) is 1.92. The van der Waals surface area contributed by atoms with Crippen LogP contribution in [0.3, 0.4) is 0 Å². The van der Waals surface area contributed by atoms with Crippen LogP contribution in [0.2, 0.25) is 0 Å². The van der Waals surface area contributed by atoms with Gasteiger partial charge in [-0.15, -0.1) is 0 Å². The quantitative estimate of drug-likeness (QED) is 0.821. The average molecular weight is 245 g/mol. The van der Waals surface area contributed by atoms with Crippen LogP contribution in [-0.4, -0.2) is 14.7 Å². The summed E-state index contributed by atoms with van der Waals surface area (Å²) in [5.41, 5.74) is 2.09. The van der Waals surface area contributed by atoms with Crippen molar-refractivity contribution < 1.29 is 5.11 Å². The van der Waals surface area contributed by atoms with Crippen LogP contribution in [0.5, 0.6) is 5.75 Å². The minimum Gasteiger partial charge on any atom is -0.508 e. The molecule has 0 aliphatic rings. The maximum atomic E-state index is 9.65. The number of phenolic OH excluding ortho intramolecular Hbond substituents is 1. The van der Waals surface area contributed by atoms with Crippen LogP contribution < -0.4 is 5.32 Å². The van der Waals surface area contributed by atoms with Crippen molar-refractivity contribution in [1.29, 1.82) is 0 Å². The van der Waals surface area contributed by atoms with Crippen molar-refractivity contribution in [2.75, 3.05) is 0 Å². The van der Waals surface area contributed by atoms with E-state index in [1.807, 2.05) is 30.7 Å². The van der Waals surface area contributed by atoms with Crippen molar-refractivity contribution in [3.8, 4) is 5.75 Å². The van der Waals surface area contributed by atoms with E-state index in [9.17, 15) is 5.11 Å². The number of imidazole rings is 1. The molecule has 0 atom stereocenters. The predicted octanol–water partition coefficient (Wildman–Crippen LogP) is 2.29. The van der Waals surface area contributed by atoms with Gasteiger partial charge in [0.05, 0.1) is 12.0 Å². The molecule has 1 aromatic heterocycles. The van der Waals surface area contributed by atoms with Crippen LogP contribution >= 0.6 is 0 Å². The first-order valence-electron chi connectivity index (χ1n) is 6.28. The Balaban J connectivity index is 1.88. The maximum absolute atomic E-state index is 9.65. The van der Waals surface area contributed by atoms with Gasteiger partial charge in [-0.25, -0.2) is 4.98 Å². The normalized spacial score (nSPS) is 10.7. The monoisotopic (exact) mass is 245 g/mol. The molecule has 2 aromatic rings. The molecule has 0 aliphatic carbocycles. The van der Waals surface area contributed by atoms with E-state index in [1.54, 1.807) is 6.07 Å². The van der Waals surface area contributed by atoms with Gasteiger partial charge in [0, 0.05) is 31.4 Å². The smallest absolute Gasteiger partial charge is 0.120 e. The SMILES string of the molecule is CCCn1cncc1CNCc1ccccc1O. The second kappa shape index (κ2) is 6.21. The van der Waals surface area contributed by atoms with Gasteiger partial charge in [-0.1, -0.05) is 25.1 Å². The molecule has 0 amide bonds. The molecule has 0 spiro atoms. The molecule has 0 unspecified atom stereocenters. The Kier molecular flexibility index (Phi) is 4.36. The van der Waals surface area contributed by atoms with Gasteiger partial charge in [0.1, 0.15) is 5.75 Å². The summed E-state index contributed by atoms with van der Waals surface area (Å²) >= 11 is 0. The molecule has 0 saturated carbocycles. The summed E-state index contributed by atoms with van der Waals surface area (Å²) in [6.07, 6.45) is 4.84. The molecule has 0 bridgehead atoms. The number of rotatable bonds is 6. The van der Waals surface area contributed by atoms with Crippen molar-refractivity contribution in [2.45, 2.75) is 33.0 Å². The Morgan fingerprint density at radius 2 is 2.11 bits per heavy atom. The van der Waals surface area contributed by atoms with Gasteiger partial charge < -0.3 is 15.0 Å². The highest BCUT2D eigenvalue weighted by atomic mass is 16.3. The van der Waals surface area contributed by atoms with Crippen LogP contribution in [0.1, 0.15) is 24.6 Å². The number of nitrogens with one attached hydrogen (secondary N) is 1. The largest absolute Gasteiger partial charge is 0.508 e.